The van der Waals surface area contributed by atoms with Gasteiger partial charge < -0.3 is 15.3 Å². The molecule has 2 N–H and O–H groups in total. The number of hydrogen-bond acceptors (Lipinski definition) is 3. The van der Waals surface area contributed by atoms with E-state index in [1.807, 2.05) is 6.92 Å². The normalized spacial score (nSPS) is 39.6. The summed E-state index contributed by atoms with van der Waals surface area (Å²) in [5.74, 6) is 1.38. The maximum atomic E-state index is 9.83. The third-order valence-electron chi connectivity index (χ3n) is 6.08. The van der Waals surface area contributed by atoms with Crippen molar-refractivity contribution >= 4 is 0 Å². The molecule has 2 saturated carbocycles. The van der Waals surface area contributed by atoms with E-state index in [9.17, 15) is 5.11 Å². The van der Waals surface area contributed by atoms with Crippen LogP contribution < -0.4 is 5.32 Å². The average molecular weight is 294 g/mol. The van der Waals surface area contributed by atoms with Gasteiger partial charge in [0.15, 0.2) is 0 Å². The van der Waals surface area contributed by atoms with E-state index >= 15 is 0 Å². The molecule has 3 rings (SSSR count). The molecule has 21 heavy (non-hydrogen) atoms. The zero-order valence-corrected chi connectivity index (χ0v) is 14.0. The van der Waals surface area contributed by atoms with Gasteiger partial charge in [-0.2, -0.15) is 0 Å². The van der Waals surface area contributed by atoms with E-state index in [1.54, 1.807) is 0 Å². The highest BCUT2D eigenvalue weighted by atomic mass is 16.3. The minimum atomic E-state index is -0.138. The second-order valence-corrected chi connectivity index (χ2v) is 8.38. The Labute approximate surface area is 130 Å². The van der Waals surface area contributed by atoms with Gasteiger partial charge in [-0.3, -0.25) is 0 Å². The van der Waals surface area contributed by atoms with Gasteiger partial charge in [0.25, 0.3) is 0 Å². The molecule has 3 fully saturated rings. The van der Waals surface area contributed by atoms with Crippen molar-refractivity contribution in [3.8, 4) is 0 Å². The van der Waals surface area contributed by atoms with Crippen LogP contribution in [0.4, 0.5) is 0 Å². The van der Waals surface area contributed by atoms with Crippen molar-refractivity contribution < 1.29 is 5.11 Å². The Balaban J connectivity index is 1.58. The van der Waals surface area contributed by atoms with Gasteiger partial charge in [-0.05, 0) is 62.8 Å². The summed E-state index contributed by atoms with van der Waals surface area (Å²) >= 11 is 0. The van der Waals surface area contributed by atoms with Crippen molar-refractivity contribution in [3.05, 3.63) is 0 Å². The van der Waals surface area contributed by atoms with E-state index in [4.69, 9.17) is 0 Å². The highest BCUT2D eigenvalue weighted by Gasteiger charge is 2.39. The number of rotatable bonds is 6. The highest BCUT2D eigenvalue weighted by molar-refractivity contribution is 4.94. The monoisotopic (exact) mass is 294 g/mol. The molecule has 0 radical (unpaired) electrons. The molecule has 2 aliphatic carbocycles. The van der Waals surface area contributed by atoms with Crippen molar-refractivity contribution in [2.45, 2.75) is 70.9 Å². The lowest BCUT2D eigenvalue weighted by Crippen LogP contribution is -2.46. The van der Waals surface area contributed by atoms with Crippen LogP contribution >= 0.6 is 0 Å². The van der Waals surface area contributed by atoms with Crippen LogP contribution in [0.3, 0.4) is 0 Å². The number of nitrogens with one attached hydrogen (secondary N) is 1. The molecule has 3 nitrogen and oxygen atoms in total. The van der Waals surface area contributed by atoms with E-state index in [-0.39, 0.29) is 6.10 Å². The molecular weight excluding hydrogens is 260 g/mol. The van der Waals surface area contributed by atoms with Crippen LogP contribution in [0.2, 0.25) is 0 Å². The molecule has 3 aliphatic rings. The van der Waals surface area contributed by atoms with Crippen LogP contribution in [0.15, 0.2) is 0 Å². The Morgan fingerprint density at radius 3 is 2.71 bits per heavy atom. The average Bonchev–Trinajstić information content (AvgIpc) is 3.15. The molecule has 3 heteroatoms. The number of nitrogens with zero attached hydrogens (tertiary/aromatic N) is 1. The molecule has 4 atom stereocenters. The molecular formula is C18H34N2O. The maximum absolute atomic E-state index is 9.83. The molecule has 0 aromatic carbocycles. The van der Waals surface area contributed by atoms with Crippen LogP contribution in [-0.4, -0.2) is 48.3 Å². The van der Waals surface area contributed by atoms with Crippen molar-refractivity contribution in [2.24, 2.45) is 17.3 Å². The van der Waals surface area contributed by atoms with Crippen molar-refractivity contribution in [1.82, 2.24) is 10.2 Å². The smallest absolute Gasteiger partial charge is 0.0552 e. The Morgan fingerprint density at radius 1 is 1.29 bits per heavy atom. The lowest BCUT2D eigenvalue weighted by atomic mass is 9.69. The molecule has 4 unspecified atom stereocenters. The predicted molar refractivity (Wildman–Crippen MR) is 87.3 cm³/mol. The lowest BCUT2D eigenvalue weighted by Gasteiger charge is -2.43. The largest absolute Gasteiger partial charge is 0.393 e. The van der Waals surface area contributed by atoms with Gasteiger partial charge in [0.2, 0.25) is 0 Å². The Hall–Kier alpha value is -0.120. The summed E-state index contributed by atoms with van der Waals surface area (Å²) < 4.78 is 0. The predicted octanol–water partition coefficient (Wildman–Crippen LogP) is 2.64. The van der Waals surface area contributed by atoms with E-state index in [2.05, 4.69) is 17.1 Å². The molecule has 1 heterocycles. The van der Waals surface area contributed by atoms with Gasteiger partial charge >= 0.3 is 0 Å². The quantitative estimate of drug-likeness (QED) is 0.790. The highest BCUT2D eigenvalue weighted by Crippen LogP contribution is 2.41. The van der Waals surface area contributed by atoms with E-state index in [0.29, 0.717) is 11.3 Å². The maximum Gasteiger partial charge on any atom is 0.0552 e. The Kier molecular flexibility index (Phi) is 4.92. The van der Waals surface area contributed by atoms with Crippen LogP contribution in [-0.2, 0) is 0 Å². The molecule has 1 saturated heterocycles. The van der Waals surface area contributed by atoms with E-state index < -0.39 is 0 Å². The first-order valence-electron chi connectivity index (χ1n) is 9.20. The molecule has 0 spiro atoms. The molecule has 0 aromatic rings. The van der Waals surface area contributed by atoms with Gasteiger partial charge in [0.05, 0.1) is 6.10 Å². The van der Waals surface area contributed by atoms with Gasteiger partial charge in [0, 0.05) is 25.7 Å². The van der Waals surface area contributed by atoms with Crippen molar-refractivity contribution in [3.63, 3.8) is 0 Å². The van der Waals surface area contributed by atoms with E-state index in [0.717, 1.165) is 18.5 Å². The summed E-state index contributed by atoms with van der Waals surface area (Å²) in [7, 11) is 0. The van der Waals surface area contributed by atoms with Gasteiger partial charge in [-0.25, -0.2) is 0 Å². The van der Waals surface area contributed by atoms with Crippen LogP contribution in [0.1, 0.15) is 58.8 Å². The first-order valence-corrected chi connectivity index (χ1v) is 9.20. The summed E-state index contributed by atoms with van der Waals surface area (Å²) in [6, 6.07) is 0.822. The number of likely N-dealkylation sites (tertiary alicyclic amines) is 1. The summed E-state index contributed by atoms with van der Waals surface area (Å²) in [6.45, 7) is 9.17. The molecule has 0 bridgehead atoms. The molecule has 1 aliphatic heterocycles. The standard InChI is InChI=1S/C18H34N2O/c1-14-4-3-8-18(10-14,12-19-17-5-6-17)13-20-9-7-16(11-20)15(2)21/h14-17,19,21H,3-13H2,1-2H3. The number of hydrogen-bond donors (Lipinski definition) is 2. The fourth-order valence-corrected chi connectivity index (χ4v) is 4.65. The third-order valence-corrected chi connectivity index (χ3v) is 6.08. The molecule has 122 valence electrons. The number of aliphatic hydroxyl groups is 1. The van der Waals surface area contributed by atoms with E-state index in [1.165, 1.54) is 64.6 Å². The Bertz CT molecular complexity index is 342. The lowest BCUT2D eigenvalue weighted by molar-refractivity contribution is 0.0800. The fourth-order valence-electron chi connectivity index (χ4n) is 4.65. The van der Waals surface area contributed by atoms with Crippen LogP contribution in [0.5, 0.6) is 0 Å². The minimum absolute atomic E-state index is 0.138. The minimum Gasteiger partial charge on any atom is -0.393 e. The van der Waals surface area contributed by atoms with Gasteiger partial charge in [0.1, 0.15) is 0 Å². The summed E-state index contributed by atoms with van der Waals surface area (Å²) in [4.78, 5) is 2.64. The fraction of sp³-hybridized carbons (Fsp3) is 1.00. The zero-order chi connectivity index (χ0) is 14.9. The third kappa shape index (κ3) is 4.20. The van der Waals surface area contributed by atoms with Gasteiger partial charge in [-0.15, -0.1) is 0 Å². The molecule has 0 amide bonds. The van der Waals surface area contributed by atoms with Crippen molar-refractivity contribution in [2.75, 3.05) is 26.2 Å². The summed E-state index contributed by atoms with van der Waals surface area (Å²) in [6.07, 6.45) is 9.43. The van der Waals surface area contributed by atoms with Crippen LogP contribution in [0, 0.1) is 17.3 Å². The van der Waals surface area contributed by atoms with Gasteiger partial charge in [-0.1, -0.05) is 19.8 Å². The number of aliphatic hydroxyl groups excluding tert-OH is 1. The summed E-state index contributed by atoms with van der Waals surface area (Å²) in [5, 5.41) is 13.6. The first kappa shape index (κ1) is 15.8. The second kappa shape index (κ2) is 6.55. The Morgan fingerprint density at radius 2 is 2.10 bits per heavy atom. The van der Waals surface area contributed by atoms with Crippen LogP contribution in [0.25, 0.3) is 0 Å². The molecule has 0 aromatic heterocycles. The zero-order valence-electron chi connectivity index (χ0n) is 14.0. The first-order chi connectivity index (χ1) is 10.1. The SMILES string of the molecule is CC1CCCC(CNC2CC2)(CN2CCC(C(C)O)C2)C1. The second-order valence-electron chi connectivity index (χ2n) is 8.38. The topological polar surface area (TPSA) is 35.5 Å². The summed E-state index contributed by atoms with van der Waals surface area (Å²) in [5.41, 5.74) is 0.494. The van der Waals surface area contributed by atoms with Crippen molar-refractivity contribution in [1.29, 1.82) is 0 Å².